The van der Waals surface area contributed by atoms with Gasteiger partial charge in [0.25, 0.3) is 5.91 Å². The molecule has 7 nitrogen and oxygen atoms in total. The summed E-state index contributed by atoms with van der Waals surface area (Å²) >= 11 is 0. The molecule has 2 heterocycles. The lowest BCUT2D eigenvalue weighted by Crippen LogP contribution is -2.25. The molecule has 1 aliphatic heterocycles. The highest BCUT2D eigenvalue weighted by Crippen LogP contribution is 2.35. The molecule has 0 bridgehead atoms. The van der Waals surface area contributed by atoms with Gasteiger partial charge in [0.15, 0.2) is 6.61 Å². The van der Waals surface area contributed by atoms with E-state index in [-0.39, 0.29) is 12.5 Å². The van der Waals surface area contributed by atoms with Crippen LogP contribution >= 0.6 is 0 Å². The van der Waals surface area contributed by atoms with Gasteiger partial charge in [-0.15, -0.1) is 0 Å². The Bertz CT molecular complexity index is 624. The number of anilines is 3. The van der Waals surface area contributed by atoms with Crippen molar-refractivity contribution in [3.63, 3.8) is 0 Å². The fourth-order valence-electron chi connectivity index (χ4n) is 2.05. The smallest absolute Gasteiger partial charge is 0.262 e. The number of aromatic nitrogens is 2. The van der Waals surface area contributed by atoms with E-state index >= 15 is 0 Å². The summed E-state index contributed by atoms with van der Waals surface area (Å²) in [5.74, 6) is 0.437. The van der Waals surface area contributed by atoms with Crippen LogP contribution in [-0.4, -0.2) is 29.0 Å². The van der Waals surface area contributed by atoms with E-state index in [2.05, 4.69) is 20.6 Å². The average Bonchev–Trinajstić information content (AvgIpc) is 2.93. The highest BCUT2D eigenvalue weighted by Gasteiger charge is 2.17. The molecule has 0 spiro atoms. The van der Waals surface area contributed by atoms with E-state index < -0.39 is 0 Å². The minimum absolute atomic E-state index is 0.0268. The zero-order chi connectivity index (χ0) is 13.9. The molecule has 0 saturated carbocycles. The Balaban J connectivity index is 1.69. The number of ether oxygens (including phenoxy) is 1. The Morgan fingerprint density at radius 1 is 1.45 bits per heavy atom. The number of hydrogen-bond acceptors (Lipinski definition) is 5. The number of benzene rings is 1. The van der Waals surface area contributed by atoms with Crippen LogP contribution in [-0.2, 0) is 11.2 Å². The fraction of sp³-hybridized carbons (Fsp3) is 0.231. The number of nitrogens with one attached hydrogen (secondary N) is 3. The highest BCUT2D eigenvalue weighted by molar-refractivity contribution is 5.97. The van der Waals surface area contributed by atoms with E-state index in [0.29, 0.717) is 23.7 Å². The number of nitrogen functional groups attached to an aromatic ring is 1. The van der Waals surface area contributed by atoms with Crippen molar-refractivity contribution in [1.82, 2.24) is 9.97 Å². The molecule has 0 radical (unpaired) electrons. The standard InChI is InChI=1S/C13H15N5O2/c14-9-3-12-11(18-13(19)6-20-12)4-10(9)16-2-1-8-5-15-7-17-8/h3-5,7,16H,1-2,6,14H2,(H,15,17)(H,18,19). The Morgan fingerprint density at radius 3 is 3.15 bits per heavy atom. The summed E-state index contributed by atoms with van der Waals surface area (Å²) in [4.78, 5) is 18.3. The number of hydrogen-bond donors (Lipinski definition) is 4. The Hall–Kier alpha value is -2.70. The third kappa shape index (κ3) is 2.51. The zero-order valence-corrected chi connectivity index (χ0v) is 10.8. The summed E-state index contributed by atoms with van der Waals surface area (Å²) in [6, 6.07) is 3.50. The van der Waals surface area contributed by atoms with E-state index in [4.69, 9.17) is 10.5 Å². The molecule has 0 unspecified atom stereocenters. The third-order valence-corrected chi connectivity index (χ3v) is 3.05. The Morgan fingerprint density at radius 2 is 2.35 bits per heavy atom. The normalized spacial score (nSPS) is 13.3. The Labute approximate surface area is 115 Å². The Kier molecular flexibility index (Phi) is 3.16. The summed E-state index contributed by atoms with van der Waals surface area (Å²) < 4.78 is 5.30. The number of carbonyl (C=O) groups excluding carboxylic acids is 1. The summed E-state index contributed by atoms with van der Waals surface area (Å²) in [6.07, 6.45) is 4.24. The first-order valence-electron chi connectivity index (χ1n) is 6.29. The first-order chi connectivity index (χ1) is 9.72. The second-order valence-electron chi connectivity index (χ2n) is 4.53. The molecule has 1 aliphatic rings. The maximum Gasteiger partial charge on any atom is 0.262 e. The van der Waals surface area contributed by atoms with Crippen LogP contribution in [0.15, 0.2) is 24.7 Å². The first-order valence-corrected chi connectivity index (χ1v) is 6.29. The lowest BCUT2D eigenvalue weighted by molar-refractivity contribution is -0.118. The van der Waals surface area contributed by atoms with Crippen molar-refractivity contribution in [2.45, 2.75) is 6.42 Å². The van der Waals surface area contributed by atoms with Crippen LogP contribution in [0, 0.1) is 0 Å². The van der Waals surface area contributed by atoms with Crippen molar-refractivity contribution in [3.05, 3.63) is 30.4 Å². The van der Waals surface area contributed by atoms with Crippen LogP contribution < -0.4 is 21.1 Å². The van der Waals surface area contributed by atoms with Crippen molar-refractivity contribution < 1.29 is 9.53 Å². The van der Waals surface area contributed by atoms with Gasteiger partial charge in [-0.3, -0.25) is 4.79 Å². The van der Waals surface area contributed by atoms with Crippen molar-refractivity contribution in [2.24, 2.45) is 0 Å². The first kappa shape index (κ1) is 12.3. The molecule has 1 aromatic heterocycles. The van der Waals surface area contributed by atoms with Crippen molar-refractivity contribution in [2.75, 3.05) is 29.5 Å². The fourth-order valence-corrected chi connectivity index (χ4v) is 2.05. The molecule has 0 aliphatic carbocycles. The number of rotatable bonds is 4. The number of nitrogens with two attached hydrogens (primary N) is 1. The highest BCUT2D eigenvalue weighted by atomic mass is 16.5. The lowest BCUT2D eigenvalue weighted by Gasteiger charge is -2.20. The molecule has 5 N–H and O–H groups in total. The molecule has 20 heavy (non-hydrogen) atoms. The SMILES string of the molecule is Nc1cc2c(cc1NCCc1cnc[nH]1)NC(=O)CO2. The molecule has 2 aromatic rings. The molecular weight excluding hydrogens is 258 g/mol. The maximum absolute atomic E-state index is 11.3. The van der Waals surface area contributed by atoms with Crippen molar-refractivity contribution in [3.8, 4) is 5.75 Å². The molecule has 104 valence electrons. The number of nitrogens with zero attached hydrogens (tertiary/aromatic N) is 1. The zero-order valence-electron chi connectivity index (χ0n) is 10.8. The largest absolute Gasteiger partial charge is 0.482 e. The summed E-state index contributed by atoms with van der Waals surface area (Å²) in [6.45, 7) is 0.735. The average molecular weight is 273 g/mol. The van der Waals surface area contributed by atoms with E-state index in [1.54, 1.807) is 24.7 Å². The second kappa shape index (κ2) is 5.12. The minimum atomic E-state index is -0.161. The van der Waals surface area contributed by atoms with Gasteiger partial charge in [-0.1, -0.05) is 0 Å². The van der Waals surface area contributed by atoms with Gasteiger partial charge in [0.05, 0.1) is 23.4 Å². The maximum atomic E-state index is 11.3. The summed E-state index contributed by atoms with van der Waals surface area (Å²) in [5, 5.41) is 5.99. The van der Waals surface area contributed by atoms with Gasteiger partial charge in [0.1, 0.15) is 5.75 Å². The lowest BCUT2D eigenvalue weighted by atomic mass is 10.2. The molecule has 0 saturated heterocycles. The number of fused-ring (bicyclic) bond motifs is 1. The quantitative estimate of drug-likeness (QED) is 0.621. The molecule has 0 atom stereocenters. The minimum Gasteiger partial charge on any atom is -0.482 e. The van der Waals surface area contributed by atoms with Crippen LogP contribution in [0.1, 0.15) is 5.69 Å². The van der Waals surface area contributed by atoms with Gasteiger partial charge >= 0.3 is 0 Å². The van der Waals surface area contributed by atoms with E-state index in [9.17, 15) is 4.79 Å². The molecule has 7 heteroatoms. The monoisotopic (exact) mass is 273 g/mol. The summed E-state index contributed by atoms with van der Waals surface area (Å²) in [5.41, 5.74) is 9.01. The van der Waals surface area contributed by atoms with Gasteiger partial charge in [0, 0.05) is 30.9 Å². The van der Waals surface area contributed by atoms with Gasteiger partial charge in [0.2, 0.25) is 0 Å². The molecule has 1 aromatic carbocycles. The summed E-state index contributed by atoms with van der Waals surface area (Å²) in [7, 11) is 0. The molecule has 3 rings (SSSR count). The van der Waals surface area contributed by atoms with Crippen LogP contribution in [0.5, 0.6) is 5.75 Å². The van der Waals surface area contributed by atoms with Crippen LogP contribution in [0.4, 0.5) is 17.1 Å². The molecular formula is C13H15N5O2. The van der Waals surface area contributed by atoms with Crippen LogP contribution in [0.2, 0.25) is 0 Å². The van der Waals surface area contributed by atoms with Gasteiger partial charge in [-0.05, 0) is 6.07 Å². The number of imidazole rings is 1. The van der Waals surface area contributed by atoms with Gasteiger partial charge in [-0.2, -0.15) is 0 Å². The van der Waals surface area contributed by atoms with E-state index in [1.165, 1.54) is 0 Å². The number of H-pyrrole nitrogens is 1. The topological polar surface area (TPSA) is 105 Å². The molecule has 0 fully saturated rings. The van der Waals surface area contributed by atoms with Crippen molar-refractivity contribution >= 4 is 23.0 Å². The van der Waals surface area contributed by atoms with E-state index in [1.807, 2.05) is 0 Å². The van der Waals surface area contributed by atoms with Crippen molar-refractivity contribution in [1.29, 1.82) is 0 Å². The number of amides is 1. The van der Waals surface area contributed by atoms with Crippen LogP contribution in [0.3, 0.4) is 0 Å². The number of aromatic amines is 1. The van der Waals surface area contributed by atoms with Crippen LogP contribution in [0.25, 0.3) is 0 Å². The second-order valence-corrected chi connectivity index (χ2v) is 4.53. The predicted molar refractivity (Wildman–Crippen MR) is 75.8 cm³/mol. The van der Waals surface area contributed by atoms with Gasteiger partial charge < -0.3 is 26.1 Å². The molecule has 1 amide bonds. The predicted octanol–water partition coefficient (Wildman–Crippen LogP) is 0.977. The van der Waals surface area contributed by atoms with E-state index in [0.717, 1.165) is 17.8 Å². The number of carbonyl (C=O) groups is 1. The third-order valence-electron chi connectivity index (χ3n) is 3.05. The van der Waals surface area contributed by atoms with Gasteiger partial charge in [-0.25, -0.2) is 4.98 Å².